The third kappa shape index (κ3) is 3.24. The summed E-state index contributed by atoms with van der Waals surface area (Å²) in [6, 6.07) is 4.06. The van der Waals surface area contributed by atoms with Crippen LogP contribution in [0, 0.1) is 16.0 Å². The van der Waals surface area contributed by atoms with Gasteiger partial charge in [-0.05, 0) is 44.9 Å². The van der Waals surface area contributed by atoms with Crippen molar-refractivity contribution in [2.24, 2.45) is 5.92 Å². The Kier molecular flexibility index (Phi) is 4.75. The first-order valence-electron chi connectivity index (χ1n) is 8.02. The summed E-state index contributed by atoms with van der Waals surface area (Å²) in [6.45, 7) is 0.731. The molecule has 3 atom stereocenters. The van der Waals surface area contributed by atoms with Crippen LogP contribution in [0.15, 0.2) is 23.1 Å². The number of ether oxygens (including phenoxy) is 1. The number of nitrogens with one attached hydrogen (secondary N) is 2. The average molecular weight is 355 g/mol. The zero-order valence-electron chi connectivity index (χ0n) is 13.4. The molecule has 1 saturated heterocycles. The van der Waals surface area contributed by atoms with E-state index in [1.807, 2.05) is 0 Å². The van der Waals surface area contributed by atoms with Crippen LogP contribution in [0.5, 0.6) is 0 Å². The summed E-state index contributed by atoms with van der Waals surface area (Å²) < 4.78 is 31.6. The van der Waals surface area contributed by atoms with Crippen molar-refractivity contribution in [2.75, 3.05) is 19.0 Å². The van der Waals surface area contributed by atoms with E-state index in [4.69, 9.17) is 4.74 Å². The molecule has 1 aliphatic heterocycles. The van der Waals surface area contributed by atoms with Crippen molar-refractivity contribution >= 4 is 21.4 Å². The first kappa shape index (κ1) is 17.1. The molecule has 24 heavy (non-hydrogen) atoms. The van der Waals surface area contributed by atoms with Gasteiger partial charge in [0.1, 0.15) is 5.69 Å². The molecule has 0 aromatic heterocycles. The summed E-state index contributed by atoms with van der Waals surface area (Å²) >= 11 is 0. The first-order valence-corrected chi connectivity index (χ1v) is 9.51. The minimum Gasteiger partial charge on any atom is -0.378 e. The second-order valence-corrected chi connectivity index (χ2v) is 8.07. The Morgan fingerprint density at radius 2 is 2.08 bits per heavy atom. The Morgan fingerprint density at radius 1 is 1.29 bits per heavy atom. The average Bonchev–Trinajstić information content (AvgIpc) is 3.04. The highest BCUT2D eigenvalue weighted by atomic mass is 32.2. The van der Waals surface area contributed by atoms with Crippen LogP contribution in [0.2, 0.25) is 0 Å². The summed E-state index contributed by atoms with van der Waals surface area (Å²) in [4.78, 5) is 10.7. The van der Waals surface area contributed by atoms with E-state index in [1.54, 1.807) is 0 Å². The van der Waals surface area contributed by atoms with Gasteiger partial charge in [0.15, 0.2) is 0 Å². The molecule has 2 fully saturated rings. The molecule has 1 heterocycles. The Balaban J connectivity index is 1.89. The summed E-state index contributed by atoms with van der Waals surface area (Å²) in [6.07, 6.45) is 4.14. The van der Waals surface area contributed by atoms with Crippen LogP contribution >= 0.6 is 0 Å². The number of nitro groups is 1. The van der Waals surface area contributed by atoms with Crippen LogP contribution in [-0.2, 0) is 14.8 Å². The number of rotatable bonds is 5. The number of nitro benzene ring substituents is 1. The van der Waals surface area contributed by atoms with Gasteiger partial charge in [0, 0.05) is 24.6 Å². The van der Waals surface area contributed by atoms with Crippen molar-refractivity contribution in [3.63, 3.8) is 0 Å². The number of anilines is 1. The predicted molar refractivity (Wildman–Crippen MR) is 88.5 cm³/mol. The number of benzene rings is 1. The van der Waals surface area contributed by atoms with Gasteiger partial charge in [0.05, 0.1) is 15.9 Å². The second kappa shape index (κ2) is 6.66. The minimum atomic E-state index is -3.72. The maximum absolute atomic E-state index is 11.9. The largest absolute Gasteiger partial charge is 0.378 e. The molecular formula is C15H21N3O5S. The normalized spacial score (nSPS) is 26.8. The Hall–Kier alpha value is -1.71. The number of sulfonamides is 1. The van der Waals surface area contributed by atoms with Gasteiger partial charge < -0.3 is 10.1 Å². The molecule has 2 N–H and O–H groups in total. The van der Waals surface area contributed by atoms with E-state index in [2.05, 4.69) is 10.0 Å². The highest BCUT2D eigenvalue weighted by Crippen LogP contribution is 2.37. The summed E-state index contributed by atoms with van der Waals surface area (Å²) in [5.41, 5.74) is 0.125. The standard InChI is InChI=1S/C15H21N3O5S/c1-16-24(21,22)10-5-6-13(14(9-10)18(19)20)17-12-3-2-4-15-11(12)7-8-23-15/h5-6,9,11-12,15-17H,2-4,7-8H2,1H3. The summed E-state index contributed by atoms with van der Waals surface area (Å²) in [5, 5.41) is 14.6. The molecule has 0 radical (unpaired) electrons. The molecule has 132 valence electrons. The number of fused-ring (bicyclic) bond motifs is 1. The van der Waals surface area contributed by atoms with Crippen LogP contribution in [-0.4, -0.2) is 39.1 Å². The Morgan fingerprint density at radius 3 is 2.79 bits per heavy atom. The third-order valence-electron chi connectivity index (χ3n) is 4.87. The van der Waals surface area contributed by atoms with Crippen LogP contribution in [0.3, 0.4) is 0 Å². The molecule has 1 aliphatic carbocycles. The van der Waals surface area contributed by atoms with Gasteiger partial charge in [-0.3, -0.25) is 10.1 Å². The van der Waals surface area contributed by atoms with Crippen molar-refractivity contribution in [3.8, 4) is 0 Å². The van der Waals surface area contributed by atoms with Gasteiger partial charge >= 0.3 is 0 Å². The highest BCUT2D eigenvalue weighted by molar-refractivity contribution is 7.89. The lowest BCUT2D eigenvalue weighted by Gasteiger charge is -2.33. The quantitative estimate of drug-likeness (QED) is 0.616. The number of hydrogen-bond donors (Lipinski definition) is 2. The van der Waals surface area contributed by atoms with Crippen LogP contribution in [0.1, 0.15) is 25.7 Å². The molecule has 1 aromatic rings. The molecule has 0 bridgehead atoms. The lowest BCUT2D eigenvalue weighted by Crippen LogP contribution is -2.38. The van der Waals surface area contributed by atoms with Gasteiger partial charge in [-0.15, -0.1) is 0 Å². The summed E-state index contributed by atoms with van der Waals surface area (Å²) in [5.74, 6) is 0.346. The molecule has 0 spiro atoms. The highest BCUT2D eigenvalue weighted by Gasteiger charge is 2.38. The first-order chi connectivity index (χ1) is 11.4. The van der Waals surface area contributed by atoms with E-state index in [-0.39, 0.29) is 22.7 Å². The van der Waals surface area contributed by atoms with Crippen molar-refractivity contribution < 1.29 is 18.1 Å². The molecular weight excluding hydrogens is 334 g/mol. The predicted octanol–water partition coefficient (Wildman–Crippen LogP) is 1.87. The fourth-order valence-electron chi connectivity index (χ4n) is 3.62. The van der Waals surface area contributed by atoms with E-state index < -0.39 is 14.9 Å². The zero-order valence-corrected chi connectivity index (χ0v) is 14.2. The molecule has 3 rings (SSSR count). The second-order valence-electron chi connectivity index (χ2n) is 6.19. The molecule has 3 unspecified atom stereocenters. The minimum absolute atomic E-state index is 0.108. The topological polar surface area (TPSA) is 111 Å². The van der Waals surface area contributed by atoms with Gasteiger partial charge in [0.25, 0.3) is 5.69 Å². The van der Waals surface area contributed by atoms with E-state index in [1.165, 1.54) is 19.2 Å². The SMILES string of the molecule is CNS(=O)(=O)c1ccc(NC2CCCC3OCCC23)c([N+](=O)[O-])c1. The van der Waals surface area contributed by atoms with E-state index in [9.17, 15) is 18.5 Å². The van der Waals surface area contributed by atoms with Gasteiger partial charge in [-0.2, -0.15) is 0 Å². The Labute approximate surface area is 140 Å². The van der Waals surface area contributed by atoms with Crippen LogP contribution in [0.4, 0.5) is 11.4 Å². The fourth-order valence-corrected chi connectivity index (χ4v) is 4.37. The van der Waals surface area contributed by atoms with Crippen molar-refractivity contribution in [2.45, 2.75) is 42.7 Å². The fraction of sp³-hybridized carbons (Fsp3) is 0.600. The lowest BCUT2D eigenvalue weighted by molar-refractivity contribution is -0.384. The molecule has 0 amide bonds. The lowest BCUT2D eigenvalue weighted by atomic mass is 9.81. The van der Waals surface area contributed by atoms with Crippen LogP contribution < -0.4 is 10.0 Å². The molecule has 9 heteroatoms. The van der Waals surface area contributed by atoms with E-state index in [0.29, 0.717) is 11.6 Å². The third-order valence-corrected chi connectivity index (χ3v) is 6.28. The van der Waals surface area contributed by atoms with Crippen molar-refractivity contribution in [1.29, 1.82) is 0 Å². The molecule has 8 nitrogen and oxygen atoms in total. The van der Waals surface area contributed by atoms with E-state index >= 15 is 0 Å². The van der Waals surface area contributed by atoms with E-state index in [0.717, 1.165) is 38.4 Å². The Bertz CT molecular complexity index is 737. The van der Waals surface area contributed by atoms with Crippen molar-refractivity contribution in [1.82, 2.24) is 4.72 Å². The molecule has 2 aliphatic rings. The maximum atomic E-state index is 11.9. The summed E-state index contributed by atoms with van der Waals surface area (Å²) in [7, 11) is -2.45. The molecule has 1 aromatic carbocycles. The maximum Gasteiger partial charge on any atom is 0.293 e. The number of hydrogen-bond acceptors (Lipinski definition) is 6. The monoisotopic (exact) mass is 355 g/mol. The van der Waals surface area contributed by atoms with Gasteiger partial charge in [0.2, 0.25) is 10.0 Å². The smallest absolute Gasteiger partial charge is 0.293 e. The van der Waals surface area contributed by atoms with Crippen molar-refractivity contribution in [3.05, 3.63) is 28.3 Å². The van der Waals surface area contributed by atoms with Crippen LogP contribution in [0.25, 0.3) is 0 Å². The van der Waals surface area contributed by atoms with Gasteiger partial charge in [-0.1, -0.05) is 0 Å². The molecule has 1 saturated carbocycles. The van der Waals surface area contributed by atoms with Gasteiger partial charge in [-0.25, -0.2) is 13.1 Å². The number of nitrogens with zero attached hydrogens (tertiary/aromatic N) is 1. The zero-order chi connectivity index (χ0) is 17.3.